The van der Waals surface area contributed by atoms with Crippen LogP contribution in [0.3, 0.4) is 0 Å². The molecule has 0 bridgehead atoms. The Hall–Kier alpha value is -4.62. The van der Waals surface area contributed by atoms with E-state index in [2.05, 4.69) is 57.7 Å². The van der Waals surface area contributed by atoms with E-state index in [1.807, 2.05) is 61.3 Å². The zero-order valence-electron chi connectivity index (χ0n) is 23.8. The standard InChI is InChI=1S/C34H20N6S5/c1-39-21(11-19(17-35)27-5-3-9-41-27)13-31-25(39)15-29(43-31)23-7-8-24(34-33(23)37-45-38-34)30-16-26-32(44-30)14-22(40(26)2)12-20(18-36)28-6-4-10-42-28/h3-16H,1-2H3/b19-11+,20-12+. The first-order valence-corrected chi connectivity index (χ1v) is 17.9. The van der Waals surface area contributed by atoms with E-state index in [9.17, 15) is 10.5 Å². The molecule has 0 N–H and O–H groups in total. The molecule has 0 saturated carbocycles. The van der Waals surface area contributed by atoms with Gasteiger partial charge in [-0.05, 0) is 59.3 Å². The normalized spacial score (nSPS) is 12.4. The molecule has 7 heterocycles. The first kappa shape index (κ1) is 27.9. The summed E-state index contributed by atoms with van der Waals surface area (Å²) in [7, 11) is 4.09. The molecule has 11 heteroatoms. The van der Waals surface area contributed by atoms with Gasteiger partial charge in [0.05, 0.1) is 43.3 Å². The Labute approximate surface area is 278 Å². The van der Waals surface area contributed by atoms with Gasteiger partial charge in [-0.3, -0.25) is 0 Å². The zero-order chi connectivity index (χ0) is 30.7. The summed E-state index contributed by atoms with van der Waals surface area (Å²) in [6.07, 6.45) is 3.93. The number of hydrogen-bond donors (Lipinski definition) is 0. The molecule has 0 spiro atoms. The van der Waals surface area contributed by atoms with Gasteiger partial charge in [-0.1, -0.05) is 24.3 Å². The zero-order valence-corrected chi connectivity index (χ0v) is 27.9. The van der Waals surface area contributed by atoms with Crippen molar-refractivity contribution in [2.24, 2.45) is 14.1 Å². The third-order valence-electron chi connectivity index (χ3n) is 7.88. The molecular formula is C34H20N6S5. The fraction of sp³-hybridized carbons (Fsp3) is 0.0588. The SMILES string of the molecule is Cn1c(/C=C(\C#N)c2cccs2)cc2sc(-c3ccc(-c4cc5c(cc(/C=C(\C#N)c6cccs6)n5C)s4)c4nsnc34)cc21. The third kappa shape index (κ3) is 4.68. The van der Waals surface area contributed by atoms with Crippen LogP contribution in [0.25, 0.3) is 75.6 Å². The summed E-state index contributed by atoms with van der Waals surface area (Å²) < 4.78 is 16.1. The van der Waals surface area contributed by atoms with E-state index in [0.717, 1.165) is 73.5 Å². The Morgan fingerprint density at radius 1 is 0.689 bits per heavy atom. The second-order valence-electron chi connectivity index (χ2n) is 10.4. The molecule has 0 aliphatic heterocycles. The van der Waals surface area contributed by atoms with Gasteiger partial charge < -0.3 is 9.13 Å². The average molecular weight is 673 g/mol. The summed E-state index contributed by atoms with van der Waals surface area (Å²) in [5.41, 5.74) is 9.55. The Morgan fingerprint density at radius 2 is 1.16 bits per heavy atom. The molecule has 8 aromatic rings. The molecule has 0 atom stereocenters. The summed E-state index contributed by atoms with van der Waals surface area (Å²) in [5, 5.41) is 23.5. The van der Waals surface area contributed by atoms with Crippen molar-refractivity contribution in [2.75, 3.05) is 0 Å². The molecule has 0 fully saturated rings. The van der Waals surface area contributed by atoms with E-state index in [-0.39, 0.29) is 0 Å². The fourth-order valence-electron chi connectivity index (χ4n) is 5.55. The number of thiophene rings is 4. The van der Waals surface area contributed by atoms with Crippen molar-refractivity contribution < 1.29 is 0 Å². The molecular weight excluding hydrogens is 653 g/mol. The van der Waals surface area contributed by atoms with E-state index < -0.39 is 0 Å². The van der Waals surface area contributed by atoms with Gasteiger partial charge in [0.15, 0.2) is 0 Å². The van der Waals surface area contributed by atoms with E-state index >= 15 is 0 Å². The topological polar surface area (TPSA) is 83.2 Å². The van der Waals surface area contributed by atoms with E-state index in [0.29, 0.717) is 11.1 Å². The van der Waals surface area contributed by atoms with Gasteiger partial charge in [0.2, 0.25) is 0 Å². The number of rotatable bonds is 6. The Kier molecular flexibility index (Phi) is 6.86. The fourth-order valence-corrected chi connectivity index (χ4v) is 9.83. The Morgan fingerprint density at radius 3 is 1.53 bits per heavy atom. The van der Waals surface area contributed by atoms with Gasteiger partial charge in [0, 0.05) is 56.1 Å². The van der Waals surface area contributed by atoms with E-state index in [1.165, 1.54) is 11.7 Å². The summed E-state index contributed by atoms with van der Waals surface area (Å²) in [4.78, 5) is 4.22. The van der Waals surface area contributed by atoms with Crippen LogP contribution < -0.4 is 0 Å². The maximum absolute atomic E-state index is 9.74. The van der Waals surface area contributed by atoms with Crippen molar-refractivity contribution in [1.29, 1.82) is 10.5 Å². The molecule has 216 valence electrons. The molecule has 0 radical (unpaired) electrons. The number of fused-ring (bicyclic) bond motifs is 3. The van der Waals surface area contributed by atoms with Crippen LogP contribution in [-0.4, -0.2) is 17.9 Å². The van der Waals surface area contributed by atoms with E-state index in [1.54, 1.807) is 45.3 Å². The van der Waals surface area contributed by atoms with Gasteiger partial charge in [-0.15, -0.1) is 45.3 Å². The lowest BCUT2D eigenvalue weighted by molar-refractivity contribution is 0.956. The summed E-state index contributed by atoms with van der Waals surface area (Å²) in [5.74, 6) is 0. The highest BCUT2D eigenvalue weighted by molar-refractivity contribution is 7.23. The maximum Gasteiger partial charge on any atom is 0.114 e. The number of nitrogens with zero attached hydrogens (tertiary/aromatic N) is 6. The maximum atomic E-state index is 9.74. The molecule has 0 unspecified atom stereocenters. The number of benzene rings is 1. The second-order valence-corrected chi connectivity index (χ2v) is 15.0. The smallest absolute Gasteiger partial charge is 0.114 e. The predicted molar refractivity (Wildman–Crippen MR) is 193 cm³/mol. The third-order valence-corrected chi connectivity index (χ3v) is 12.4. The minimum Gasteiger partial charge on any atom is -0.343 e. The average Bonchev–Trinajstić information content (AvgIpc) is 3.89. The van der Waals surface area contributed by atoms with Crippen LogP contribution in [0.4, 0.5) is 0 Å². The van der Waals surface area contributed by atoms with Crippen molar-refractivity contribution in [2.45, 2.75) is 0 Å². The summed E-state index contributed by atoms with van der Waals surface area (Å²) in [6.45, 7) is 0. The van der Waals surface area contributed by atoms with Crippen molar-refractivity contribution in [3.8, 4) is 33.0 Å². The van der Waals surface area contributed by atoms with Crippen molar-refractivity contribution in [1.82, 2.24) is 17.9 Å². The molecule has 0 saturated heterocycles. The minimum atomic E-state index is 0.670. The van der Waals surface area contributed by atoms with Crippen molar-refractivity contribution in [3.05, 3.63) is 92.6 Å². The van der Waals surface area contributed by atoms with Gasteiger partial charge in [-0.2, -0.15) is 19.3 Å². The van der Waals surface area contributed by atoms with Crippen molar-refractivity contribution >= 4 is 112 Å². The predicted octanol–water partition coefficient (Wildman–Crippen LogP) is 10.4. The largest absolute Gasteiger partial charge is 0.343 e. The molecule has 7 aromatic heterocycles. The molecule has 1 aromatic carbocycles. The number of hydrogen-bond acceptors (Lipinski definition) is 9. The van der Waals surface area contributed by atoms with Crippen molar-refractivity contribution in [3.63, 3.8) is 0 Å². The molecule has 0 aliphatic carbocycles. The van der Waals surface area contributed by atoms with E-state index in [4.69, 9.17) is 8.75 Å². The van der Waals surface area contributed by atoms with Gasteiger partial charge in [-0.25, -0.2) is 0 Å². The Bertz CT molecular complexity index is 2350. The minimum absolute atomic E-state index is 0.670. The van der Waals surface area contributed by atoms with Crippen LogP contribution in [0.1, 0.15) is 21.1 Å². The van der Waals surface area contributed by atoms with Crippen LogP contribution in [0, 0.1) is 22.7 Å². The number of allylic oxidation sites excluding steroid dienone is 2. The lowest BCUT2D eigenvalue weighted by Crippen LogP contribution is -1.90. The number of nitriles is 2. The van der Waals surface area contributed by atoms with Gasteiger partial charge >= 0.3 is 0 Å². The summed E-state index contributed by atoms with van der Waals surface area (Å²) in [6, 6.07) is 25.6. The highest BCUT2D eigenvalue weighted by Gasteiger charge is 2.19. The quantitative estimate of drug-likeness (QED) is 0.165. The first-order valence-electron chi connectivity index (χ1n) is 13.8. The summed E-state index contributed by atoms with van der Waals surface area (Å²) >= 11 is 7.85. The van der Waals surface area contributed by atoms with Crippen LogP contribution in [0.5, 0.6) is 0 Å². The molecule has 0 amide bonds. The molecule has 45 heavy (non-hydrogen) atoms. The van der Waals surface area contributed by atoms with Crippen LogP contribution >= 0.6 is 57.1 Å². The number of aromatic nitrogens is 4. The second kappa shape index (κ2) is 11.1. The lowest BCUT2D eigenvalue weighted by Gasteiger charge is -2.04. The lowest BCUT2D eigenvalue weighted by atomic mass is 10.1. The van der Waals surface area contributed by atoms with Crippen LogP contribution in [0.2, 0.25) is 0 Å². The van der Waals surface area contributed by atoms with Gasteiger partial charge in [0.1, 0.15) is 23.2 Å². The first-order chi connectivity index (χ1) is 22.0. The van der Waals surface area contributed by atoms with Crippen LogP contribution in [0.15, 0.2) is 71.4 Å². The van der Waals surface area contributed by atoms with Gasteiger partial charge in [0.25, 0.3) is 0 Å². The molecule has 6 nitrogen and oxygen atoms in total. The highest BCUT2D eigenvalue weighted by Crippen LogP contribution is 2.43. The molecule has 8 rings (SSSR count). The van der Waals surface area contributed by atoms with Crippen LogP contribution in [-0.2, 0) is 14.1 Å². The number of aryl methyl sites for hydroxylation is 2. The Balaban J connectivity index is 1.15. The molecule has 0 aliphatic rings. The monoisotopic (exact) mass is 672 g/mol. The highest BCUT2D eigenvalue weighted by atomic mass is 32.1.